The molecule has 0 amide bonds. The van der Waals surface area contributed by atoms with Crippen molar-refractivity contribution in [2.75, 3.05) is 0 Å². The lowest BCUT2D eigenvalue weighted by Crippen LogP contribution is -1.90. The van der Waals surface area contributed by atoms with E-state index in [1.807, 2.05) is 0 Å². The largest absolute Gasteiger partial charge is 0.300 e. The van der Waals surface area contributed by atoms with Gasteiger partial charge in [0.05, 0.1) is 0 Å². The van der Waals surface area contributed by atoms with Crippen molar-refractivity contribution in [3.05, 3.63) is 11.1 Å². The summed E-state index contributed by atoms with van der Waals surface area (Å²) in [6, 6.07) is 0. The van der Waals surface area contributed by atoms with E-state index < -0.39 is 0 Å². The molecule has 0 saturated heterocycles. The summed E-state index contributed by atoms with van der Waals surface area (Å²) in [5, 5.41) is 0. The fraction of sp³-hybridized carbons (Fsp3) is 0.857. The molecule has 0 aromatic heterocycles. The van der Waals surface area contributed by atoms with Gasteiger partial charge in [-0.15, -0.1) is 0 Å². The van der Waals surface area contributed by atoms with E-state index in [1.54, 1.807) is 25.0 Å². The van der Waals surface area contributed by atoms with Gasteiger partial charge < -0.3 is 9.59 Å². The number of unbranched alkanes of at least 4 members (excludes halogenated alkanes) is 7. The quantitative estimate of drug-likeness (QED) is 0.246. The number of allylic oxidation sites excluding steroid dienone is 2. The zero-order valence-electron chi connectivity index (χ0n) is 21.0. The lowest BCUT2D eigenvalue weighted by Gasteiger charge is -2.10. The van der Waals surface area contributed by atoms with Crippen LogP contribution in [0.4, 0.5) is 0 Å². The van der Waals surface area contributed by atoms with Gasteiger partial charge in [0, 0.05) is 12.8 Å². The standard InChI is InChI=1S/C14H26O2.C14H26/c1-13(15)11-9-7-5-3-4-6-8-10-12-14(2)16;1-13-11-9-7-5-3-4-6-8-10-12-14(13)2/h3-12H2,1-2H3;3-12H2,1-2H3/b;14-13-. The molecule has 1 aliphatic rings. The maximum Gasteiger partial charge on any atom is 0.129 e. The molecular weight excluding hydrogens is 368 g/mol. The molecule has 0 heterocycles. The third kappa shape index (κ3) is 21.8. The van der Waals surface area contributed by atoms with Crippen LogP contribution in [0.15, 0.2) is 11.1 Å². The maximum absolute atomic E-state index is 10.7. The van der Waals surface area contributed by atoms with Crippen molar-refractivity contribution in [2.24, 2.45) is 0 Å². The molecule has 0 spiro atoms. The number of ketones is 2. The van der Waals surface area contributed by atoms with E-state index in [0.717, 1.165) is 25.7 Å². The Hall–Kier alpha value is -0.920. The number of Topliss-reactive ketones (excluding diaryl/α,β-unsaturated/α-hetero) is 2. The van der Waals surface area contributed by atoms with Crippen LogP contribution in [0.2, 0.25) is 0 Å². The third-order valence-electron chi connectivity index (χ3n) is 6.39. The Kier molecular flexibility index (Phi) is 20.7. The Bertz CT molecular complexity index is 419. The molecule has 1 rings (SSSR count). The molecule has 0 aliphatic heterocycles. The molecule has 0 fully saturated rings. The van der Waals surface area contributed by atoms with E-state index in [4.69, 9.17) is 0 Å². The molecule has 0 saturated carbocycles. The summed E-state index contributed by atoms with van der Waals surface area (Å²) >= 11 is 0. The van der Waals surface area contributed by atoms with Crippen molar-refractivity contribution in [3.63, 3.8) is 0 Å². The van der Waals surface area contributed by atoms with Gasteiger partial charge in [-0.1, -0.05) is 88.2 Å². The van der Waals surface area contributed by atoms with Crippen molar-refractivity contribution in [2.45, 2.75) is 156 Å². The Morgan fingerprint density at radius 1 is 0.500 bits per heavy atom. The van der Waals surface area contributed by atoms with Crippen LogP contribution in [0, 0.1) is 0 Å². The van der Waals surface area contributed by atoms with Gasteiger partial charge in [-0.2, -0.15) is 0 Å². The van der Waals surface area contributed by atoms with E-state index in [0.29, 0.717) is 11.6 Å². The third-order valence-corrected chi connectivity index (χ3v) is 6.39. The van der Waals surface area contributed by atoms with Gasteiger partial charge >= 0.3 is 0 Å². The fourth-order valence-corrected chi connectivity index (χ4v) is 4.08. The summed E-state index contributed by atoms with van der Waals surface area (Å²) in [4.78, 5) is 21.4. The number of carbonyl (C=O) groups excluding carboxylic acids is 2. The topological polar surface area (TPSA) is 34.1 Å². The molecule has 0 aromatic carbocycles. The number of carbonyl (C=O) groups is 2. The molecule has 0 bridgehead atoms. The number of hydrogen-bond acceptors (Lipinski definition) is 2. The minimum atomic E-state index is 0.309. The first-order valence-corrected chi connectivity index (χ1v) is 13.1. The van der Waals surface area contributed by atoms with Crippen LogP contribution in [-0.4, -0.2) is 11.6 Å². The summed E-state index contributed by atoms with van der Waals surface area (Å²) in [5.74, 6) is 0.619. The zero-order valence-corrected chi connectivity index (χ0v) is 21.0. The van der Waals surface area contributed by atoms with E-state index in [1.165, 1.54) is 103 Å². The van der Waals surface area contributed by atoms with Crippen molar-refractivity contribution >= 4 is 11.6 Å². The van der Waals surface area contributed by atoms with Crippen LogP contribution in [0.5, 0.6) is 0 Å². The number of hydrogen-bond donors (Lipinski definition) is 0. The molecule has 0 radical (unpaired) electrons. The SMILES string of the molecule is C/C1=C(\C)CCCCCCCCCC1.CC(=O)CCCCCCCCCCC(C)=O. The van der Waals surface area contributed by atoms with Crippen LogP contribution >= 0.6 is 0 Å². The van der Waals surface area contributed by atoms with Crippen molar-refractivity contribution < 1.29 is 9.59 Å². The maximum atomic E-state index is 10.7. The van der Waals surface area contributed by atoms with Crippen LogP contribution in [0.25, 0.3) is 0 Å². The molecule has 0 aromatic rings. The molecule has 30 heavy (non-hydrogen) atoms. The van der Waals surface area contributed by atoms with Gasteiger partial charge in [0.15, 0.2) is 0 Å². The van der Waals surface area contributed by atoms with E-state index in [9.17, 15) is 9.59 Å². The summed E-state index contributed by atoms with van der Waals surface area (Å²) < 4.78 is 0. The molecule has 2 heteroatoms. The Labute approximate surface area is 188 Å². The van der Waals surface area contributed by atoms with Crippen LogP contribution in [0.1, 0.15) is 156 Å². The van der Waals surface area contributed by atoms with Gasteiger partial charge in [0.25, 0.3) is 0 Å². The summed E-state index contributed by atoms with van der Waals surface area (Å²) in [6.07, 6.45) is 25.4. The van der Waals surface area contributed by atoms with E-state index in [-0.39, 0.29) is 0 Å². The molecule has 0 unspecified atom stereocenters. The average molecular weight is 421 g/mol. The first kappa shape index (κ1) is 29.1. The highest BCUT2D eigenvalue weighted by molar-refractivity contribution is 5.75. The normalized spacial score (nSPS) is 18.5. The molecule has 1 aliphatic carbocycles. The summed E-state index contributed by atoms with van der Waals surface area (Å²) in [7, 11) is 0. The van der Waals surface area contributed by atoms with Gasteiger partial charge in [-0.05, 0) is 66.2 Å². The Morgan fingerprint density at radius 2 is 0.767 bits per heavy atom. The molecular formula is C28H52O2. The molecule has 2 nitrogen and oxygen atoms in total. The van der Waals surface area contributed by atoms with E-state index >= 15 is 0 Å². The minimum absolute atomic E-state index is 0.309. The highest BCUT2D eigenvalue weighted by Gasteiger charge is 2.01. The second kappa shape index (κ2) is 21.3. The molecule has 0 N–H and O–H groups in total. The van der Waals surface area contributed by atoms with Crippen LogP contribution in [0.3, 0.4) is 0 Å². The second-order valence-corrected chi connectivity index (χ2v) is 9.62. The zero-order chi connectivity index (χ0) is 22.5. The molecule has 176 valence electrons. The predicted octanol–water partition coefficient (Wildman–Crippen LogP) is 9.30. The van der Waals surface area contributed by atoms with Crippen molar-refractivity contribution in [1.29, 1.82) is 0 Å². The molecule has 0 atom stereocenters. The highest BCUT2D eigenvalue weighted by Crippen LogP contribution is 2.20. The number of rotatable bonds is 11. The fourth-order valence-electron chi connectivity index (χ4n) is 4.08. The van der Waals surface area contributed by atoms with Crippen LogP contribution < -0.4 is 0 Å². The van der Waals surface area contributed by atoms with Gasteiger partial charge in [0.2, 0.25) is 0 Å². The minimum Gasteiger partial charge on any atom is -0.300 e. The lowest BCUT2D eigenvalue weighted by molar-refractivity contribution is -0.118. The van der Waals surface area contributed by atoms with Crippen LogP contribution in [-0.2, 0) is 9.59 Å². The van der Waals surface area contributed by atoms with Gasteiger partial charge in [0.1, 0.15) is 11.6 Å². The highest BCUT2D eigenvalue weighted by atomic mass is 16.1. The smallest absolute Gasteiger partial charge is 0.129 e. The summed E-state index contributed by atoms with van der Waals surface area (Å²) in [5.41, 5.74) is 3.34. The van der Waals surface area contributed by atoms with Crippen molar-refractivity contribution in [3.8, 4) is 0 Å². The average Bonchev–Trinajstić information content (AvgIpc) is 2.69. The van der Waals surface area contributed by atoms with Crippen molar-refractivity contribution in [1.82, 2.24) is 0 Å². The predicted molar refractivity (Wildman–Crippen MR) is 132 cm³/mol. The summed E-state index contributed by atoms with van der Waals surface area (Å²) in [6.45, 7) is 7.99. The monoisotopic (exact) mass is 420 g/mol. The Balaban J connectivity index is 0.000000564. The first-order valence-electron chi connectivity index (χ1n) is 13.1. The Morgan fingerprint density at radius 3 is 1.07 bits per heavy atom. The van der Waals surface area contributed by atoms with Gasteiger partial charge in [-0.3, -0.25) is 0 Å². The lowest BCUT2D eigenvalue weighted by atomic mass is 9.97. The van der Waals surface area contributed by atoms with Gasteiger partial charge in [-0.25, -0.2) is 0 Å². The van der Waals surface area contributed by atoms with E-state index in [2.05, 4.69) is 13.8 Å². The second-order valence-electron chi connectivity index (χ2n) is 9.62. The first-order chi connectivity index (χ1) is 14.4.